The standard InChI is InChI=1S/C14H22N4S/c1-8-11(9(2)18(6)17-8)12(15)13-16-10(7-19-13)14(3,4)5/h7,12H,15H2,1-6H3. The molecule has 0 fully saturated rings. The number of thiazole rings is 1. The lowest BCUT2D eigenvalue weighted by atomic mass is 9.93. The van der Waals surface area contributed by atoms with Crippen LogP contribution in [0.1, 0.15) is 54.5 Å². The molecule has 0 aromatic carbocycles. The molecule has 2 aromatic rings. The fourth-order valence-corrected chi connectivity index (χ4v) is 3.19. The van der Waals surface area contributed by atoms with Gasteiger partial charge in [-0.15, -0.1) is 11.3 Å². The zero-order valence-electron chi connectivity index (χ0n) is 12.5. The molecule has 1 atom stereocenters. The Labute approximate surface area is 118 Å². The van der Waals surface area contributed by atoms with Crippen LogP contribution in [0.25, 0.3) is 0 Å². The first-order valence-corrected chi connectivity index (χ1v) is 7.31. The summed E-state index contributed by atoms with van der Waals surface area (Å²) in [5.41, 5.74) is 10.7. The molecule has 2 rings (SSSR count). The summed E-state index contributed by atoms with van der Waals surface area (Å²) < 4.78 is 1.88. The first kappa shape index (κ1) is 14.2. The number of nitrogens with zero attached hydrogens (tertiary/aromatic N) is 3. The summed E-state index contributed by atoms with van der Waals surface area (Å²) in [4.78, 5) is 4.71. The molecule has 0 aliphatic carbocycles. The number of aromatic nitrogens is 3. The van der Waals surface area contributed by atoms with Gasteiger partial charge in [-0.1, -0.05) is 20.8 Å². The van der Waals surface area contributed by atoms with Crippen molar-refractivity contribution < 1.29 is 0 Å². The van der Waals surface area contributed by atoms with Gasteiger partial charge in [0.05, 0.1) is 17.4 Å². The van der Waals surface area contributed by atoms with Crippen LogP contribution < -0.4 is 5.73 Å². The van der Waals surface area contributed by atoms with Gasteiger partial charge in [-0.25, -0.2) is 4.98 Å². The second-order valence-electron chi connectivity index (χ2n) is 6.01. The first-order chi connectivity index (χ1) is 8.71. The summed E-state index contributed by atoms with van der Waals surface area (Å²) in [5, 5.41) is 7.50. The highest BCUT2D eigenvalue weighted by Crippen LogP contribution is 2.30. The van der Waals surface area contributed by atoms with Gasteiger partial charge in [0, 0.05) is 29.1 Å². The Hall–Kier alpha value is -1.20. The van der Waals surface area contributed by atoms with Crippen molar-refractivity contribution in [3.63, 3.8) is 0 Å². The van der Waals surface area contributed by atoms with Gasteiger partial charge in [0.1, 0.15) is 5.01 Å². The summed E-state index contributed by atoms with van der Waals surface area (Å²) in [7, 11) is 1.95. The van der Waals surface area contributed by atoms with E-state index in [2.05, 4.69) is 31.2 Å². The maximum atomic E-state index is 6.38. The Balaban J connectivity index is 2.39. The van der Waals surface area contributed by atoms with Crippen LogP contribution in [0.3, 0.4) is 0 Å². The van der Waals surface area contributed by atoms with E-state index in [-0.39, 0.29) is 11.5 Å². The smallest absolute Gasteiger partial charge is 0.114 e. The van der Waals surface area contributed by atoms with Crippen LogP contribution in [0, 0.1) is 13.8 Å². The number of hydrogen-bond acceptors (Lipinski definition) is 4. The Morgan fingerprint density at radius 1 is 1.32 bits per heavy atom. The quantitative estimate of drug-likeness (QED) is 0.919. The minimum atomic E-state index is -0.185. The highest BCUT2D eigenvalue weighted by molar-refractivity contribution is 7.09. The molecule has 104 valence electrons. The molecule has 1 unspecified atom stereocenters. The minimum absolute atomic E-state index is 0.0630. The van der Waals surface area contributed by atoms with Gasteiger partial charge in [-0.3, -0.25) is 4.68 Å². The van der Waals surface area contributed by atoms with E-state index >= 15 is 0 Å². The summed E-state index contributed by atoms with van der Waals surface area (Å²) in [6, 6.07) is -0.185. The van der Waals surface area contributed by atoms with Crippen molar-refractivity contribution >= 4 is 11.3 Å². The number of aryl methyl sites for hydroxylation is 2. The average molecular weight is 278 g/mol. The van der Waals surface area contributed by atoms with E-state index in [1.54, 1.807) is 11.3 Å². The lowest BCUT2D eigenvalue weighted by molar-refractivity contribution is 0.569. The van der Waals surface area contributed by atoms with Crippen molar-refractivity contribution in [2.75, 3.05) is 0 Å². The zero-order valence-corrected chi connectivity index (χ0v) is 13.3. The van der Waals surface area contributed by atoms with Crippen molar-refractivity contribution in [3.8, 4) is 0 Å². The van der Waals surface area contributed by atoms with E-state index in [1.165, 1.54) is 0 Å². The van der Waals surface area contributed by atoms with Crippen LogP contribution in [0.15, 0.2) is 5.38 Å². The minimum Gasteiger partial charge on any atom is -0.318 e. The van der Waals surface area contributed by atoms with Gasteiger partial charge < -0.3 is 5.73 Å². The van der Waals surface area contributed by atoms with E-state index < -0.39 is 0 Å². The lowest BCUT2D eigenvalue weighted by Gasteiger charge is -2.15. The average Bonchev–Trinajstić information content (AvgIpc) is 2.84. The van der Waals surface area contributed by atoms with Gasteiger partial charge in [-0.2, -0.15) is 5.10 Å². The summed E-state index contributed by atoms with van der Waals surface area (Å²) in [6.07, 6.45) is 0. The van der Waals surface area contributed by atoms with Crippen LogP contribution in [-0.4, -0.2) is 14.8 Å². The van der Waals surface area contributed by atoms with E-state index in [9.17, 15) is 0 Å². The molecule has 0 amide bonds. The lowest BCUT2D eigenvalue weighted by Crippen LogP contribution is -2.16. The molecule has 2 N–H and O–H groups in total. The molecule has 0 saturated carbocycles. The van der Waals surface area contributed by atoms with Crippen LogP contribution in [0.4, 0.5) is 0 Å². The summed E-state index contributed by atoms with van der Waals surface area (Å²) in [5.74, 6) is 0. The Morgan fingerprint density at radius 3 is 2.37 bits per heavy atom. The SMILES string of the molecule is Cc1nn(C)c(C)c1C(N)c1nc(C(C)(C)C)cs1. The third-order valence-electron chi connectivity index (χ3n) is 3.43. The van der Waals surface area contributed by atoms with Crippen LogP contribution in [0.5, 0.6) is 0 Å². The van der Waals surface area contributed by atoms with Crippen LogP contribution in [0.2, 0.25) is 0 Å². The van der Waals surface area contributed by atoms with E-state index in [0.717, 1.165) is 27.7 Å². The van der Waals surface area contributed by atoms with Gasteiger partial charge in [0.2, 0.25) is 0 Å². The van der Waals surface area contributed by atoms with E-state index in [4.69, 9.17) is 10.7 Å². The highest BCUT2D eigenvalue weighted by atomic mass is 32.1. The molecule has 0 spiro atoms. The summed E-state index contributed by atoms with van der Waals surface area (Å²) >= 11 is 1.63. The van der Waals surface area contributed by atoms with Gasteiger partial charge in [0.15, 0.2) is 0 Å². The third-order valence-corrected chi connectivity index (χ3v) is 4.36. The molecule has 19 heavy (non-hydrogen) atoms. The van der Waals surface area contributed by atoms with Crippen molar-refractivity contribution in [2.24, 2.45) is 12.8 Å². The zero-order chi connectivity index (χ0) is 14.4. The molecular formula is C14H22N4S. The van der Waals surface area contributed by atoms with Crippen molar-refractivity contribution in [1.82, 2.24) is 14.8 Å². The number of rotatable bonds is 2. The Morgan fingerprint density at radius 2 is 1.95 bits per heavy atom. The largest absolute Gasteiger partial charge is 0.318 e. The molecule has 0 radical (unpaired) electrons. The van der Waals surface area contributed by atoms with Crippen molar-refractivity contribution in [2.45, 2.75) is 46.1 Å². The van der Waals surface area contributed by atoms with E-state index in [0.29, 0.717) is 0 Å². The maximum Gasteiger partial charge on any atom is 0.114 e. The second-order valence-corrected chi connectivity index (χ2v) is 6.90. The predicted molar refractivity (Wildman–Crippen MR) is 79.5 cm³/mol. The maximum absolute atomic E-state index is 6.38. The molecule has 0 aliphatic heterocycles. The monoisotopic (exact) mass is 278 g/mol. The normalized spacial score (nSPS) is 13.8. The highest BCUT2D eigenvalue weighted by Gasteiger charge is 2.23. The predicted octanol–water partition coefficient (Wildman–Crippen LogP) is 2.84. The van der Waals surface area contributed by atoms with Crippen LogP contribution in [-0.2, 0) is 12.5 Å². The fourth-order valence-electron chi connectivity index (χ4n) is 2.14. The van der Waals surface area contributed by atoms with Crippen LogP contribution >= 0.6 is 11.3 Å². The molecule has 5 heteroatoms. The molecular weight excluding hydrogens is 256 g/mol. The molecule has 2 aromatic heterocycles. The Kier molecular flexibility index (Phi) is 3.53. The topological polar surface area (TPSA) is 56.7 Å². The number of nitrogens with two attached hydrogens (primary N) is 1. The molecule has 0 bridgehead atoms. The van der Waals surface area contributed by atoms with Gasteiger partial charge >= 0.3 is 0 Å². The van der Waals surface area contributed by atoms with Gasteiger partial charge in [-0.05, 0) is 13.8 Å². The molecule has 0 aliphatic rings. The number of hydrogen-bond donors (Lipinski definition) is 1. The molecule has 0 saturated heterocycles. The fraction of sp³-hybridized carbons (Fsp3) is 0.571. The molecule has 2 heterocycles. The Bertz CT molecular complexity index is 589. The van der Waals surface area contributed by atoms with Crippen molar-refractivity contribution in [3.05, 3.63) is 33.0 Å². The van der Waals surface area contributed by atoms with E-state index in [1.807, 2.05) is 25.6 Å². The van der Waals surface area contributed by atoms with Crippen molar-refractivity contribution in [1.29, 1.82) is 0 Å². The summed E-state index contributed by atoms with van der Waals surface area (Å²) in [6.45, 7) is 10.5. The second kappa shape index (κ2) is 4.72. The molecule has 4 nitrogen and oxygen atoms in total. The third kappa shape index (κ3) is 2.58. The van der Waals surface area contributed by atoms with Gasteiger partial charge in [0.25, 0.3) is 0 Å². The first-order valence-electron chi connectivity index (χ1n) is 6.43.